The summed E-state index contributed by atoms with van der Waals surface area (Å²) in [6, 6.07) is 15.2. The van der Waals surface area contributed by atoms with Gasteiger partial charge in [0.05, 0.1) is 13.2 Å². The molecular weight excluding hydrogens is 528 g/mol. The van der Waals surface area contributed by atoms with Crippen LogP contribution in [0.3, 0.4) is 0 Å². The van der Waals surface area contributed by atoms with Gasteiger partial charge in [0.1, 0.15) is 16.3 Å². The van der Waals surface area contributed by atoms with Gasteiger partial charge >= 0.3 is 5.97 Å². The maximum atomic E-state index is 12.7. The van der Waals surface area contributed by atoms with Crippen molar-refractivity contribution in [3.8, 4) is 16.9 Å². The fourth-order valence-corrected chi connectivity index (χ4v) is 4.86. The lowest BCUT2D eigenvalue weighted by molar-refractivity contribution is -0.119. The van der Waals surface area contributed by atoms with E-state index in [-0.39, 0.29) is 29.5 Å². The van der Waals surface area contributed by atoms with E-state index in [4.69, 9.17) is 33.3 Å². The molecule has 0 aliphatic heterocycles. The quantitative estimate of drug-likeness (QED) is 0.164. The second kappa shape index (κ2) is 13.0. The average Bonchev–Trinajstić information content (AvgIpc) is 3.25. The van der Waals surface area contributed by atoms with Crippen LogP contribution in [0.1, 0.15) is 56.5 Å². The number of thiocarbonyl (C=S) groups is 1. The number of anilines is 1. The van der Waals surface area contributed by atoms with Crippen LogP contribution in [0.25, 0.3) is 11.1 Å². The SMILES string of the molecule is CCOC(=O)c1c(-c2ccc(Cl)cc2)csc1NC(=S)NC(=O)CCCOc1ccc(C(C)(C)C)cc1. The summed E-state index contributed by atoms with van der Waals surface area (Å²) in [6.07, 6.45) is 0.774. The number of esters is 1. The van der Waals surface area contributed by atoms with Crippen molar-refractivity contribution in [1.82, 2.24) is 5.32 Å². The van der Waals surface area contributed by atoms with Crippen molar-refractivity contribution in [2.24, 2.45) is 0 Å². The molecule has 1 aromatic heterocycles. The number of carbonyl (C=O) groups excluding carboxylic acids is 2. The summed E-state index contributed by atoms with van der Waals surface area (Å²) in [7, 11) is 0. The first kappa shape index (κ1) is 28.6. The van der Waals surface area contributed by atoms with Gasteiger partial charge in [-0.15, -0.1) is 11.3 Å². The van der Waals surface area contributed by atoms with E-state index in [1.807, 2.05) is 29.6 Å². The Morgan fingerprint density at radius 3 is 2.35 bits per heavy atom. The van der Waals surface area contributed by atoms with Crippen LogP contribution >= 0.6 is 35.2 Å². The summed E-state index contributed by atoms with van der Waals surface area (Å²) >= 11 is 12.6. The fraction of sp³-hybridized carbons (Fsp3) is 0.321. The molecule has 0 radical (unpaired) electrons. The van der Waals surface area contributed by atoms with E-state index in [0.29, 0.717) is 34.2 Å². The summed E-state index contributed by atoms with van der Waals surface area (Å²) in [5.41, 5.74) is 3.19. The predicted molar refractivity (Wildman–Crippen MR) is 155 cm³/mol. The number of nitrogens with one attached hydrogen (secondary N) is 2. The highest BCUT2D eigenvalue weighted by Crippen LogP contribution is 2.36. The molecule has 2 aromatic carbocycles. The monoisotopic (exact) mass is 558 g/mol. The molecule has 3 rings (SSSR count). The minimum atomic E-state index is -0.474. The molecule has 1 amide bonds. The maximum absolute atomic E-state index is 12.7. The number of halogens is 1. The van der Waals surface area contributed by atoms with Crippen LogP contribution in [0.2, 0.25) is 5.02 Å². The van der Waals surface area contributed by atoms with E-state index in [0.717, 1.165) is 11.3 Å². The highest BCUT2D eigenvalue weighted by Gasteiger charge is 2.22. The van der Waals surface area contributed by atoms with Crippen molar-refractivity contribution in [2.45, 2.75) is 46.0 Å². The molecule has 0 fully saturated rings. The highest BCUT2D eigenvalue weighted by molar-refractivity contribution is 7.80. The van der Waals surface area contributed by atoms with Crippen molar-refractivity contribution in [1.29, 1.82) is 0 Å². The minimum absolute atomic E-state index is 0.0840. The van der Waals surface area contributed by atoms with Crippen LogP contribution in [-0.2, 0) is 14.9 Å². The van der Waals surface area contributed by atoms with Crippen molar-refractivity contribution in [3.05, 3.63) is 70.1 Å². The lowest BCUT2D eigenvalue weighted by Crippen LogP contribution is -2.34. The number of hydrogen-bond donors (Lipinski definition) is 2. The number of benzene rings is 2. The summed E-state index contributed by atoms with van der Waals surface area (Å²) in [4.78, 5) is 25.1. The Bertz CT molecular complexity index is 1230. The molecule has 0 atom stereocenters. The number of thiophene rings is 1. The molecular formula is C28H31ClN2O4S2. The first-order valence-electron chi connectivity index (χ1n) is 12.0. The van der Waals surface area contributed by atoms with Crippen LogP contribution in [0.5, 0.6) is 5.75 Å². The van der Waals surface area contributed by atoms with Crippen molar-refractivity contribution >= 4 is 57.1 Å². The van der Waals surface area contributed by atoms with Crippen LogP contribution in [0, 0.1) is 0 Å². The molecule has 3 aromatic rings. The van der Waals surface area contributed by atoms with Gasteiger partial charge in [0.15, 0.2) is 5.11 Å². The average molecular weight is 559 g/mol. The van der Waals surface area contributed by atoms with Crippen LogP contribution < -0.4 is 15.4 Å². The fourth-order valence-electron chi connectivity index (χ4n) is 3.50. The number of carbonyl (C=O) groups is 2. The third kappa shape index (κ3) is 8.28. The van der Waals surface area contributed by atoms with Gasteiger partial charge in [-0.05, 0) is 66.4 Å². The number of ether oxygens (including phenoxy) is 2. The molecule has 2 N–H and O–H groups in total. The number of rotatable bonds is 9. The minimum Gasteiger partial charge on any atom is -0.494 e. The van der Waals surface area contributed by atoms with Gasteiger partial charge in [-0.3, -0.25) is 4.79 Å². The molecule has 196 valence electrons. The van der Waals surface area contributed by atoms with E-state index in [9.17, 15) is 9.59 Å². The Labute approximate surface area is 232 Å². The van der Waals surface area contributed by atoms with Crippen LogP contribution in [0.15, 0.2) is 53.9 Å². The Balaban J connectivity index is 1.54. The van der Waals surface area contributed by atoms with E-state index in [1.54, 1.807) is 19.1 Å². The van der Waals surface area contributed by atoms with E-state index >= 15 is 0 Å². The molecule has 6 nitrogen and oxygen atoms in total. The largest absolute Gasteiger partial charge is 0.494 e. The molecule has 9 heteroatoms. The standard InChI is InChI=1S/C28H31ClN2O4S2/c1-5-34-26(33)24-22(18-8-12-20(29)13-9-18)17-37-25(24)31-27(36)30-23(32)7-6-16-35-21-14-10-19(11-15-21)28(2,3)4/h8-15,17H,5-7,16H2,1-4H3,(H2,30,31,32,36). The Hall–Kier alpha value is -2.94. The zero-order valence-electron chi connectivity index (χ0n) is 21.4. The maximum Gasteiger partial charge on any atom is 0.341 e. The van der Waals surface area contributed by atoms with Crippen LogP contribution in [0.4, 0.5) is 5.00 Å². The van der Waals surface area contributed by atoms with Crippen molar-refractivity contribution in [2.75, 3.05) is 18.5 Å². The smallest absolute Gasteiger partial charge is 0.341 e. The lowest BCUT2D eigenvalue weighted by Gasteiger charge is -2.19. The van der Waals surface area contributed by atoms with Gasteiger partial charge in [0, 0.05) is 22.4 Å². The molecule has 0 bridgehead atoms. The molecule has 0 saturated carbocycles. The molecule has 0 aliphatic rings. The van der Waals surface area contributed by atoms with Gasteiger partial charge in [-0.25, -0.2) is 4.79 Å². The normalized spacial score (nSPS) is 11.1. The Morgan fingerprint density at radius 1 is 1.05 bits per heavy atom. The van der Waals surface area contributed by atoms with Gasteiger partial charge in [0.2, 0.25) is 5.91 Å². The summed E-state index contributed by atoms with van der Waals surface area (Å²) in [6.45, 7) is 8.87. The predicted octanol–water partition coefficient (Wildman–Crippen LogP) is 7.21. The van der Waals surface area contributed by atoms with E-state index in [1.165, 1.54) is 16.9 Å². The second-order valence-corrected chi connectivity index (χ2v) is 11.0. The van der Waals surface area contributed by atoms with Crippen molar-refractivity contribution < 1.29 is 19.1 Å². The van der Waals surface area contributed by atoms with E-state index < -0.39 is 5.97 Å². The molecule has 0 aliphatic carbocycles. The highest BCUT2D eigenvalue weighted by atomic mass is 35.5. The molecule has 0 unspecified atom stereocenters. The van der Waals surface area contributed by atoms with Gasteiger partial charge in [0.25, 0.3) is 0 Å². The summed E-state index contributed by atoms with van der Waals surface area (Å²) < 4.78 is 11.0. The van der Waals surface area contributed by atoms with Gasteiger partial charge in [-0.1, -0.05) is 56.6 Å². The third-order valence-corrected chi connectivity index (χ3v) is 6.79. The second-order valence-electron chi connectivity index (χ2n) is 9.31. The number of amides is 1. The van der Waals surface area contributed by atoms with Gasteiger partial charge in [-0.2, -0.15) is 0 Å². The first-order valence-corrected chi connectivity index (χ1v) is 13.6. The van der Waals surface area contributed by atoms with E-state index in [2.05, 4.69) is 43.5 Å². The Morgan fingerprint density at radius 2 is 1.73 bits per heavy atom. The summed E-state index contributed by atoms with van der Waals surface area (Å²) in [5.74, 6) is 0.0561. The zero-order valence-corrected chi connectivity index (χ0v) is 23.7. The zero-order chi connectivity index (χ0) is 27.0. The molecule has 37 heavy (non-hydrogen) atoms. The topological polar surface area (TPSA) is 76.7 Å². The Kier molecular flexibility index (Phi) is 10.1. The van der Waals surface area contributed by atoms with Crippen molar-refractivity contribution in [3.63, 3.8) is 0 Å². The van der Waals surface area contributed by atoms with Crippen LogP contribution in [-0.4, -0.2) is 30.2 Å². The third-order valence-electron chi connectivity index (χ3n) is 5.44. The lowest BCUT2D eigenvalue weighted by atomic mass is 9.87. The molecule has 0 spiro atoms. The van der Waals surface area contributed by atoms with Gasteiger partial charge < -0.3 is 20.1 Å². The molecule has 0 saturated heterocycles. The first-order chi connectivity index (χ1) is 17.6. The summed E-state index contributed by atoms with van der Waals surface area (Å²) in [5, 5.41) is 8.69. The number of hydrogen-bond acceptors (Lipinski definition) is 6. The molecule has 1 heterocycles.